The Hall–Kier alpha value is -1.81. The van der Waals surface area contributed by atoms with Gasteiger partial charge in [-0.3, -0.25) is 9.78 Å². The fraction of sp³-hybridized carbons (Fsp3) is 0.200. The van der Waals surface area contributed by atoms with E-state index in [4.69, 9.17) is 5.73 Å². The van der Waals surface area contributed by atoms with Crippen molar-refractivity contribution in [3.8, 4) is 0 Å². The highest BCUT2D eigenvalue weighted by Crippen LogP contribution is 2.20. The molecule has 0 aliphatic heterocycles. The molecule has 0 aliphatic rings. The standard InChI is InChI=1S/C15H16N2OS/c1-11-3-2-4-14(7-11)19-10-13(18)8-12-9-17-6-5-15(12)16/h2-7,9H,8,10H2,1H3,(H2,16,17). The molecular weight excluding hydrogens is 256 g/mol. The maximum absolute atomic E-state index is 11.9. The van der Waals surface area contributed by atoms with Crippen LogP contribution in [0, 0.1) is 6.92 Å². The number of benzene rings is 1. The molecular formula is C15H16N2OS. The van der Waals surface area contributed by atoms with Crippen LogP contribution in [0.3, 0.4) is 0 Å². The van der Waals surface area contributed by atoms with E-state index in [0.717, 1.165) is 10.5 Å². The number of nitrogen functional groups attached to an aromatic ring is 1. The molecule has 0 atom stereocenters. The van der Waals surface area contributed by atoms with E-state index >= 15 is 0 Å². The lowest BCUT2D eigenvalue weighted by molar-refractivity contribution is -0.116. The Bertz CT molecular complexity index is 584. The lowest BCUT2D eigenvalue weighted by atomic mass is 10.1. The summed E-state index contributed by atoms with van der Waals surface area (Å²) in [6.45, 7) is 2.04. The zero-order chi connectivity index (χ0) is 13.7. The van der Waals surface area contributed by atoms with Gasteiger partial charge in [0, 0.05) is 35.0 Å². The van der Waals surface area contributed by atoms with E-state index in [1.807, 2.05) is 25.1 Å². The van der Waals surface area contributed by atoms with Gasteiger partial charge in [0.25, 0.3) is 0 Å². The third-order valence-corrected chi connectivity index (χ3v) is 3.77. The highest BCUT2D eigenvalue weighted by atomic mass is 32.2. The predicted octanol–water partition coefficient (Wildman–Crippen LogP) is 2.88. The topological polar surface area (TPSA) is 56.0 Å². The summed E-state index contributed by atoms with van der Waals surface area (Å²) in [6.07, 6.45) is 3.63. The number of carbonyl (C=O) groups excluding carboxylic acids is 1. The van der Waals surface area contributed by atoms with E-state index in [0.29, 0.717) is 17.9 Å². The summed E-state index contributed by atoms with van der Waals surface area (Å²) < 4.78 is 0. The van der Waals surface area contributed by atoms with Crippen LogP contribution in [0.1, 0.15) is 11.1 Å². The molecule has 0 unspecified atom stereocenters. The summed E-state index contributed by atoms with van der Waals surface area (Å²) in [7, 11) is 0. The Kier molecular flexibility index (Phi) is 4.58. The number of anilines is 1. The molecule has 0 radical (unpaired) electrons. The second-order valence-electron chi connectivity index (χ2n) is 4.40. The van der Waals surface area contributed by atoms with Gasteiger partial charge in [0.05, 0.1) is 5.75 Å². The van der Waals surface area contributed by atoms with Crippen molar-refractivity contribution in [2.75, 3.05) is 11.5 Å². The normalized spacial score (nSPS) is 10.4. The largest absolute Gasteiger partial charge is 0.398 e. The molecule has 2 aromatic rings. The summed E-state index contributed by atoms with van der Waals surface area (Å²) in [5, 5.41) is 0. The number of Topliss-reactive ketones (excluding diaryl/α,β-unsaturated/α-hetero) is 1. The van der Waals surface area contributed by atoms with Gasteiger partial charge in [-0.2, -0.15) is 0 Å². The zero-order valence-electron chi connectivity index (χ0n) is 10.8. The van der Waals surface area contributed by atoms with E-state index in [1.54, 1.807) is 30.2 Å². The molecule has 1 aromatic carbocycles. The number of pyridine rings is 1. The Labute approximate surface area is 117 Å². The number of ketones is 1. The molecule has 2 N–H and O–H groups in total. The Morgan fingerprint density at radius 3 is 2.95 bits per heavy atom. The zero-order valence-corrected chi connectivity index (χ0v) is 11.6. The molecule has 0 bridgehead atoms. The Morgan fingerprint density at radius 2 is 2.21 bits per heavy atom. The average molecular weight is 272 g/mol. The van der Waals surface area contributed by atoms with Gasteiger partial charge >= 0.3 is 0 Å². The number of carbonyl (C=O) groups is 1. The van der Waals surface area contributed by atoms with Crippen LogP contribution in [-0.2, 0) is 11.2 Å². The molecule has 2 rings (SSSR count). The molecule has 98 valence electrons. The number of hydrogen-bond donors (Lipinski definition) is 1. The molecule has 0 saturated carbocycles. The quantitative estimate of drug-likeness (QED) is 0.850. The minimum absolute atomic E-state index is 0.159. The van der Waals surface area contributed by atoms with E-state index in [9.17, 15) is 4.79 Å². The molecule has 0 aliphatic carbocycles. The van der Waals surface area contributed by atoms with E-state index in [-0.39, 0.29) is 5.78 Å². The fourth-order valence-corrected chi connectivity index (χ4v) is 2.59. The van der Waals surface area contributed by atoms with Crippen LogP contribution in [0.2, 0.25) is 0 Å². The van der Waals surface area contributed by atoms with Gasteiger partial charge in [0.1, 0.15) is 5.78 Å². The molecule has 19 heavy (non-hydrogen) atoms. The number of nitrogens with zero attached hydrogens (tertiary/aromatic N) is 1. The average Bonchev–Trinajstić information content (AvgIpc) is 2.39. The SMILES string of the molecule is Cc1cccc(SCC(=O)Cc2cnccc2N)c1. The maximum Gasteiger partial charge on any atom is 0.147 e. The van der Waals surface area contributed by atoms with Crippen molar-refractivity contribution in [3.63, 3.8) is 0 Å². The number of nitrogens with two attached hydrogens (primary N) is 1. The van der Waals surface area contributed by atoms with Crippen LogP contribution in [0.25, 0.3) is 0 Å². The van der Waals surface area contributed by atoms with Crippen molar-refractivity contribution < 1.29 is 4.79 Å². The maximum atomic E-state index is 11.9. The summed E-state index contributed by atoms with van der Waals surface area (Å²) in [6, 6.07) is 9.86. The van der Waals surface area contributed by atoms with Crippen molar-refractivity contribution in [2.24, 2.45) is 0 Å². The van der Waals surface area contributed by atoms with E-state index in [1.165, 1.54) is 5.56 Å². The molecule has 3 nitrogen and oxygen atoms in total. The van der Waals surface area contributed by atoms with Gasteiger partial charge in [-0.25, -0.2) is 0 Å². The van der Waals surface area contributed by atoms with Crippen LogP contribution < -0.4 is 5.73 Å². The first kappa shape index (κ1) is 13.6. The third kappa shape index (κ3) is 4.10. The highest BCUT2D eigenvalue weighted by molar-refractivity contribution is 8.00. The number of rotatable bonds is 5. The lowest BCUT2D eigenvalue weighted by Crippen LogP contribution is -2.08. The second kappa shape index (κ2) is 6.38. The molecule has 0 spiro atoms. The van der Waals surface area contributed by atoms with Gasteiger partial charge in [0.15, 0.2) is 0 Å². The van der Waals surface area contributed by atoms with Gasteiger partial charge in [0.2, 0.25) is 0 Å². The van der Waals surface area contributed by atoms with Crippen LogP contribution in [0.4, 0.5) is 5.69 Å². The smallest absolute Gasteiger partial charge is 0.147 e. The predicted molar refractivity (Wildman–Crippen MR) is 79.3 cm³/mol. The Morgan fingerprint density at radius 1 is 1.37 bits per heavy atom. The Balaban J connectivity index is 1.90. The fourth-order valence-electron chi connectivity index (χ4n) is 1.72. The minimum Gasteiger partial charge on any atom is -0.398 e. The first-order valence-corrected chi connectivity index (χ1v) is 7.03. The number of hydrogen-bond acceptors (Lipinski definition) is 4. The van der Waals surface area contributed by atoms with Crippen molar-refractivity contribution in [1.29, 1.82) is 0 Å². The highest BCUT2D eigenvalue weighted by Gasteiger charge is 2.07. The lowest BCUT2D eigenvalue weighted by Gasteiger charge is -2.04. The van der Waals surface area contributed by atoms with Crippen LogP contribution in [0.15, 0.2) is 47.6 Å². The third-order valence-electron chi connectivity index (χ3n) is 2.72. The summed E-state index contributed by atoms with van der Waals surface area (Å²) in [4.78, 5) is 17.0. The van der Waals surface area contributed by atoms with Gasteiger partial charge < -0.3 is 5.73 Å². The summed E-state index contributed by atoms with van der Waals surface area (Å²) in [5.41, 5.74) is 8.43. The second-order valence-corrected chi connectivity index (χ2v) is 5.44. The first-order valence-electron chi connectivity index (χ1n) is 6.04. The molecule has 0 saturated heterocycles. The van der Waals surface area contributed by atoms with Crippen molar-refractivity contribution in [2.45, 2.75) is 18.2 Å². The van der Waals surface area contributed by atoms with Crippen LogP contribution in [0.5, 0.6) is 0 Å². The van der Waals surface area contributed by atoms with E-state index < -0.39 is 0 Å². The molecule has 0 fully saturated rings. The van der Waals surface area contributed by atoms with Crippen LogP contribution >= 0.6 is 11.8 Å². The first-order chi connectivity index (χ1) is 9.15. The summed E-state index contributed by atoms with van der Waals surface area (Å²) in [5.74, 6) is 0.615. The number of aryl methyl sites for hydroxylation is 1. The monoisotopic (exact) mass is 272 g/mol. The molecule has 1 heterocycles. The van der Waals surface area contributed by atoms with Gasteiger partial charge in [-0.1, -0.05) is 17.7 Å². The van der Waals surface area contributed by atoms with Crippen molar-refractivity contribution in [3.05, 3.63) is 53.9 Å². The van der Waals surface area contributed by atoms with Crippen LogP contribution in [-0.4, -0.2) is 16.5 Å². The molecule has 0 amide bonds. The number of aromatic nitrogens is 1. The number of thioether (sulfide) groups is 1. The minimum atomic E-state index is 0.159. The molecule has 1 aromatic heterocycles. The van der Waals surface area contributed by atoms with E-state index in [2.05, 4.69) is 11.1 Å². The van der Waals surface area contributed by atoms with Crippen molar-refractivity contribution in [1.82, 2.24) is 4.98 Å². The van der Waals surface area contributed by atoms with Gasteiger partial charge in [-0.15, -0.1) is 11.8 Å². The summed E-state index contributed by atoms with van der Waals surface area (Å²) >= 11 is 1.56. The molecule has 4 heteroatoms. The van der Waals surface area contributed by atoms with Gasteiger partial charge in [-0.05, 0) is 25.1 Å². The van der Waals surface area contributed by atoms with Crippen molar-refractivity contribution >= 4 is 23.2 Å².